The van der Waals surface area contributed by atoms with E-state index in [-0.39, 0.29) is 18.2 Å². The summed E-state index contributed by atoms with van der Waals surface area (Å²) in [5, 5.41) is 0. The fraction of sp³-hybridized carbons (Fsp3) is 0.583. The molecule has 3 nitrogen and oxygen atoms in total. The number of nitrogens with zero attached hydrogens (tertiary/aromatic N) is 1. The van der Waals surface area contributed by atoms with Crippen LogP contribution in [-0.2, 0) is 5.41 Å². The second kappa shape index (κ2) is 3.30. The van der Waals surface area contributed by atoms with Gasteiger partial charge in [-0.05, 0) is 32.3 Å². The minimum Gasteiger partial charge on any atom is -0.306 e. The predicted octanol–water partition coefficient (Wildman–Crippen LogP) is 2.75. The molecule has 1 atom stereocenters. The Kier molecular flexibility index (Phi) is 2.13. The van der Waals surface area contributed by atoms with Crippen LogP contribution < -0.4 is 5.69 Å². The molecule has 1 aromatic rings. The molecule has 18 heavy (non-hydrogen) atoms. The van der Waals surface area contributed by atoms with Gasteiger partial charge >= 0.3 is 11.9 Å². The van der Waals surface area contributed by atoms with Crippen molar-refractivity contribution in [3.05, 3.63) is 27.9 Å². The summed E-state index contributed by atoms with van der Waals surface area (Å²) in [6, 6.07) is -0.0642. The molecular weight excluding hydrogens is 245 g/mol. The van der Waals surface area contributed by atoms with Gasteiger partial charge in [0.05, 0.1) is 11.4 Å². The number of hydrogen-bond acceptors (Lipinski definition) is 1. The fourth-order valence-corrected chi connectivity index (χ4v) is 2.59. The Morgan fingerprint density at radius 2 is 2.11 bits per heavy atom. The topological polar surface area (TPSA) is 37.8 Å². The van der Waals surface area contributed by atoms with Crippen molar-refractivity contribution in [1.82, 2.24) is 9.55 Å². The van der Waals surface area contributed by atoms with Gasteiger partial charge in [-0.15, -0.1) is 0 Å². The van der Waals surface area contributed by atoms with Crippen LogP contribution in [0.5, 0.6) is 0 Å². The lowest BCUT2D eigenvalue weighted by Gasteiger charge is -2.34. The fourth-order valence-electron chi connectivity index (χ4n) is 2.59. The summed E-state index contributed by atoms with van der Waals surface area (Å²) in [5.74, 6) is 0. The van der Waals surface area contributed by atoms with Crippen molar-refractivity contribution in [2.45, 2.75) is 43.8 Å². The van der Waals surface area contributed by atoms with E-state index in [9.17, 15) is 18.0 Å². The number of hydrogen-bond donors (Lipinski definition) is 1. The van der Waals surface area contributed by atoms with Crippen LogP contribution >= 0.6 is 0 Å². The third-order valence-electron chi connectivity index (χ3n) is 3.83. The molecule has 6 heteroatoms. The second-order valence-corrected chi connectivity index (χ2v) is 5.23. The van der Waals surface area contributed by atoms with Crippen molar-refractivity contribution < 1.29 is 13.2 Å². The van der Waals surface area contributed by atoms with Crippen molar-refractivity contribution in [3.8, 4) is 0 Å². The smallest absolute Gasteiger partial charge is 0.306 e. The van der Waals surface area contributed by atoms with Crippen molar-refractivity contribution in [2.24, 2.45) is 0 Å². The van der Waals surface area contributed by atoms with Gasteiger partial charge in [-0.2, -0.15) is 13.2 Å². The minimum atomic E-state index is -4.36. The first kappa shape index (κ1) is 11.6. The zero-order valence-corrected chi connectivity index (χ0v) is 9.84. The number of fused-ring (bicyclic) bond motifs is 1. The summed E-state index contributed by atoms with van der Waals surface area (Å²) < 4.78 is 41.3. The maximum Gasteiger partial charge on any atom is 0.399 e. The van der Waals surface area contributed by atoms with Gasteiger partial charge in [-0.25, -0.2) is 4.79 Å². The SMILES string of the molecule is CC1(C(F)(F)F)CC=Cc2[nH]c(=O)n(C3CC3)c21. The van der Waals surface area contributed by atoms with Gasteiger partial charge in [-0.3, -0.25) is 4.57 Å². The lowest BCUT2D eigenvalue weighted by molar-refractivity contribution is -0.187. The Morgan fingerprint density at radius 1 is 1.44 bits per heavy atom. The summed E-state index contributed by atoms with van der Waals surface area (Å²) >= 11 is 0. The first-order valence-corrected chi connectivity index (χ1v) is 5.93. The molecule has 3 rings (SSSR count). The largest absolute Gasteiger partial charge is 0.399 e. The highest BCUT2D eigenvalue weighted by Gasteiger charge is 2.56. The molecule has 0 spiro atoms. The molecule has 1 saturated carbocycles. The quantitative estimate of drug-likeness (QED) is 0.826. The molecule has 1 heterocycles. The van der Waals surface area contributed by atoms with Crippen LogP contribution in [0.15, 0.2) is 10.9 Å². The molecule has 0 aliphatic heterocycles. The van der Waals surface area contributed by atoms with Crippen LogP contribution in [0.4, 0.5) is 13.2 Å². The van der Waals surface area contributed by atoms with E-state index in [1.807, 2.05) is 0 Å². The van der Waals surface area contributed by atoms with Crippen LogP contribution in [0.1, 0.15) is 43.6 Å². The third kappa shape index (κ3) is 1.41. The van der Waals surface area contributed by atoms with Crippen LogP contribution in [0, 0.1) is 0 Å². The maximum atomic E-state index is 13.3. The van der Waals surface area contributed by atoms with Crippen molar-refractivity contribution in [1.29, 1.82) is 0 Å². The number of imidazole rings is 1. The van der Waals surface area contributed by atoms with E-state index in [0.717, 1.165) is 12.8 Å². The van der Waals surface area contributed by atoms with E-state index in [1.54, 1.807) is 6.08 Å². The van der Waals surface area contributed by atoms with E-state index in [0.29, 0.717) is 5.69 Å². The van der Waals surface area contributed by atoms with Gasteiger partial charge in [0.1, 0.15) is 5.41 Å². The van der Waals surface area contributed by atoms with E-state index in [2.05, 4.69) is 4.98 Å². The molecule has 0 saturated heterocycles. The summed E-state index contributed by atoms with van der Waals surface area (Å²) in [7, 11) is 0. The van der Waals surface area contributed by atoms with Gasteiger partial charge in [-0.1, -0.05) is 6.08 Å². The standard InChI is InChI=1S/C12H13F3N2O/c1-11(12(13,14)15)6-2-3-8-9(11)17(7-4-5-7)10(18)16-8/h2-3,7H,4-6H2,1H3,(H,16,18). The highest BCUT2D eigenvalue weighted by Crippen LogP contribution is 2.49. The van der Waals surface area contributed by atoms with Gasteiger partial charge < -0.3 is 4.98 Å². The number of allylic oxidation sites excluding steroid dienone is 1. The van der Waals surface area contributed by atoms with E-state index in [1.165, 1.54) is 17.6 Å². The minimum absolute atomic E-state index is 0.0642. The molecule has 1 N–H and O–H groups in total. The summed E-state index contributed by atoms with van der Waals surface area (Å²) in [5.41, 5.74) is -1.99. The predicted molar refractivity (Wildman–Crippen MR) is 60.4 cm³/mol. The maximum absolute atomic E-state index is 13.3. The Morgan fingerprint density at radius 3 is 2.67 bits per heavy atom. The molecule has 0 radical (unpaired) electrons. The van der Waals surface area contributed by atoms with Gasteiger partial charge in [0.2, 0.25) is 0 Å². The van der Waals surface area contributed by atoms with Gasteiger partial charge in [0, 0.05) is 6.04 Å². The molecular formula is C12H13F3N2O. The lowest BCUT2D eigenvalue weighted by Crippen LogP contribution is -2.43. The second-order valence-electron chi connectivity index (χ2n) is 5.23. The molecule has 0 amide bonds. The average Bonchev–Trinajstić information content (AvgIpc) is 3.01. The van der Waals surface area contributed by atoms with E-state index in [4.69, 9.17) is 0 Å². The third-order valence-corrected chi connectivity index (χ3v) is 3.83. The van der Waals surface area contributed by atoms with Gasteiger partial charge in [0.25, 0.3) is 0 Å². The lowest BCUT2D eigenvalue weighted by atomic mass is 9.78. The number of H-pyrrole nitrogens is 1. The number of rotatable bonds is 1. The van der Waals surface area contributed by atoms with E-state index >= 15 is 0 Å². The van der Waals surface area contributed by atoms with Crippen LogP contribution in [0.25, 0.3) is 6.08 Å². The number of aromatic nitrogens is 2. The highest BCUT2D eigenvalue weighted by molar-refractivity contribution is 5.54. The number of halogens is 3. The monoisotopic (exact) mass is 258 g/mol. The first-order valence-electron chi connectivity index (χ1n) is 5.93. The van der Waals surface area contributed by atoms with E-state index < -0.39 is 17.3 Å². The Bertz CT molecular complexity index is 577. The normalized spacial score (nSPS) is 27.3. The van der Waals surface area contributed by atoms with Crippen molar-refractivity contribution in [2.75, 3.05) is 0 Å². The average molecular weight is 258 g/mol. The summed E-state index contributed by atoms with van der Waals surface area (Å²) in [4.78, 5) is 14.3. The molecule has 2 aliphatic carbocycles. The highest BCUT2D eigenvalue weighted by atomic mass is 19.4. The Hall–Kier alpha value is -1.46. The Balaban J connectivity index is 2.27. The first-order chi connectivity index (χ1) is 8.34. The molecule has 98 valence electrons. The van der Waals surface area contributed by atoms with Gasteiger partial charge in [0.15, 0.2) is 0 Å². The summed E-state index contributed by atoms with van der Waals surface area (Å²) in [6.45, 7) is 1.17. The van der Waals surface area contributed by atoms with Crippen LogP contribution in [0.2, 0.25) is 0 Å². The number of alkyl halides is 3. The van der Waals surface area contributed by atoms with Crippen LogP contribution in [0.3, 0.4) is 0 Å². The molecule has 0 bridgehead atoms. The summed E-state index contributed by atoms with van der Waals surface area (Å²) in [6.07, 6.45) is 0.126. The molecule has 1 fully saturated rings. The zero-order valence-electron chi connectivity index (χ0n) is 9.84. The van der Waals surface area contributed by atoms with Crippen LogP contribution in [-0.4, -0.2) is 15.7 Å². The molecule has 1 aromatic heterocycles. The molecule has 1 unspecified atom stereocenters. The van der Waals surface area contributed by atoms with Crippen molar-refractivity contribution >= 4 is 6.08 Å². The number of aromatic amines is 1. The van der Waals surface area contributed by atoms with Crippen molar-refractivity contribution in [3.63, 3.8) is 0 Å². The zero-order chi connectivity index (χ0) is 13.1. The molecule has 2 aliphatic rings. The Labute approximate surface area is 101 Å². The number of nitrogens with one attached hydrogen (secondary N) is 1. The molecule has 0 aromatic carbocycles.